The van der Waals surface area contributed by atoms with E-state index in [-0.39, 0.29) is 5.91 Å². The van der Waals surface area contributed by atoms with Gasteiger partial charge >= 0.3 is 0 Å². The first-order valence-corrected chi connectivity index (χ1v) is 7.78. The first-order valence-electron chi connectivity index (χ1n) is 7.78. The molecule has 0 atom stereocenters. The number of rotatable bonds is 4. The van der Waals surface area contributed by atoms with Gasteiger partial charge in [0.1, 0.15) is 5.82 Å². The first-order chi connectivity index (χ1) is 11.6. The van der Waals surface area contributed by atoms with Crippen LogP contribution in [0.5, 0.6) is 0 Å². The Morgan fingerprint density at radius 2 is 1.67 bits per heavy atom. The van der Waals surface area contributed by atoms with E-state index in [1.54, 1.807) is 18.3 Å². The van der Waals surface area contributed by atoms with Crippen LogP contribution in [0.4, 0.5) is 17.2 Å². The number of hydrogen-bond acceptors (Lipinski definition) is 3. The van der Waals surface area contributed by atoms with Crippen LogP contribution >= 0.6 is 0 Å². The second-order valence-corrected chi connectivity index (χ2v) is 5.71. The lowest BCUT2D eigenvalue weighted by Gasteiger charge is -2.12. The maximum absolute atomic E-state index is 12.6. The zero-order valence-electron chi connectivity index (χ0n) is 13.7. The second-order valence-electron chi connectivity index (χ2n) is 5.71. The molecule has 3 rings (SSSR count). The average Bonchev–Trinajstić information content (AvgIpc) is 2.57. The number of aryl methyl sites for hydroxylation is 2. The van der Waals surface area contributed by atoms with E-state index < -0.39 is 0 Å². The molecule has 0 bridgehead atoms. The van der Waals surface area contributed by atoms with Gasteiger partial charge in [-0.1, -0.05) is 29.8 Å². The van der Waals surface area contributed by atoms with Gasteiger partial charge in [-0.25, -0.2) is 4.98 Å². The number of nitrogens with zero attached hydrogens (tertiary/aromatic N) is 1. The molecule has 0 saturated carbocycles. The largest absolute Gasteiger partial charge is 0.340 e. The molecule has 0 fully saturated rings. The van der Waals surface area contributed by atoms with Crippen molar-refractivity contribution in [3.8, 4) is 0 Å². The number of nitrogens with one attached hydrogen (secondary N) is 2. The molecule has 1 heterocycles. The number of anilines is 3. The van der Waals surface area contributed by atoms with Gasteiger partial charge in [0.2, 0.25) is 0 Å². The van der Waals surface area contributed by atoms with Gasteiger partial charge < -0.3 is 10.6 Å². The highest BCUT2D eigenvalue weighted by atomic mass is 16.1. The van der Waals surface area contributed by atoms with Crippen molar-refractivity contribution in [3.63, 3.8) is 0 Å². The Bertz CT molecular complexity index is 857. The molecule has 0 aliphatic heterocycles. The Morgan fingerprint density at radius 3 is 2.42 bits per heavy atom. The molecule has 24 heavy (non-hydrogen) atoms. The third-order valence-corrected chi connectivity index (χ3v) is 3.64. The first kappa shape index (κ1) is 15.7. The summed E-state index contributed by atoms with van der Waals surface area (Å²) in [6.07, 6.45) is 1.67. The molecule has 0 aliphatic carbocycles. The molecule has 2 aromatic carbocycles. The van der Waals surface area contributed by atoms with Gasteiger partial charge in [0.25, 0.3) is 5.91 Å². The number of benzene rings is 2. The van der Waals surface area contributed by atoms with Crippen LogP contribution in [0.3, 0.4) is 0 Å². The van der Waals surface area contributed by atoms with Crippen LogP contribution in [0.25, 0.3) is 0 Å². The third kappa shape index (κ3) is 3.79. The average molecular weight is 317 g/mol. The Labute approximate surface area is 141 Å². The number of carbonyl (C=O) groups excluding carboxylic acids is 1. The fourth-order valence-corrected chi connectivity index (χ4v) is 2.38. The van der Waals surface area contributed by atoms with Gasteiger partial charge in [-0.2, -0.15) is 0 Å². The van der Waals surface area contributed by atoms with Crippen molar-refractivity contribution in [1.29, 1.82) is 0 Å². The highest BCUT2D eigenvalue weighted by Gasteiger charge is 2.12. The lowest BCUT2D eigenvalue weighted by molar-refractivity contribution is 0.102. The molecule has 0 unspecified atom stereocenters. The predicted molar refractivity (Wildman–Crippen MR) is 97.8 cm³/mol. The monoisotopic (exact) mass is 317 g/mol. The molecular weight excluding hydrogens is 298 g/mol. The molecule has 1 amide bonds. The van der Waals surface area contributed by atoms with Crippen LogP contribution in [-0.4, -0.2) is 10.9 Å². The molecule has 4 heteroatoms. The molecule has 120 valence electrons. The Hall–Kier alpha value is -3.14. The minimum atomic E-state index is -0.192. The van der Waals surface area contributed by atoms with Gasteiger partial charge in [-0.05, 0) is 55.8 Å². The van der Waals surface area contributed by atoms with E-state index in [4.69, 9.17) is 0 Å². The fraction of sp³-hybridized carbons (Fsp3) is 0.100. The Morgan fingerprint density at radius 1 is 0.875 bits per heavy atom. The van der Waals surface area contributed by atoms with Crippen molar-refractivity contribution >= 4 is 23.1 Å². The summed E-state index contributed by atoms with van der Waals surface area (Å²) in [4.78, 5) is 16.9. The van der Waals surface area contributed by atoms with E-state index >= 15 is 0 Å². The molecule has 0 saturated heterocycles. The molecule has 1 aromatic heterocycles. The maximum Gasteiger partial charge on any atom is 0.259 e. The van der Waals surface area contributed by atoms with Crippen molar-refractivity contribution in [1.82, 2.24) is 4.98 Å². The molecule has 2 N–H and O–H groups in total. The van der Waals surface area contributed by atoms with E-state index in [9.17, 15) is 4.79 Å². The number of amides is 1. The zero-order chi connectivity index (χ0) is 16.9. The standard InChI is InChI=1S/C20H19N3O/c1-14-8-10-16(11-9-14)23-20(24)18-7-4-12-21-19(18)22-17-6-3-5-15(2)13-17/h3-13H,1-2H3,(H,21,22)(H,23,24). The van der Waals surface area contributed by atoms with Crippen molar-refractivity contribution in [2.45, 2.75) is 13.8 Å². The molecule has 0 aliphatic rings. The van der Waals surface area contributed by atoms with E-state index in [2.05, 4.69) is 15.6 Å². The summed E-state index contributed by atoms with van der Waals surface area (Å²) in [5.41, 5.74) is 4.45. The minimum absolute atomic E-state index is 0.192. The zero-order valence-corrected chi connectivity index (χ0v) is 13.7. The summed E-state index contributed by atoms with van der Waals surface area (Å²) in [6, 6.07) is 19.2. The minimum Gasteiger partial charge on any atom is -0.340 e. The van der Waals surface area contributed by atoms with E-state index in [0.29, 0.717) is 11.4 Å². The van der Waals surface area contributed by atoms with Crippen molar-refractivity contribution in [2.24, 2.45) is 0 Å². The van der Waals surface area contributed by atoms with E-state index in [1.807, 2.05) is 62.4 Å². The Balaban J connectivity index is 1.83. The van der Waals surface area contributed by atoms with Crippen molar-refractivity contribution in [2.75, 3.05) is 10.6 Å². The summed E-state index contributed by atoms with van der Waals surface area (Å²) in [7, 11) is 0. The maximum atomic E-state index is 12.6. The molecular formula is C20H19N3O. The Kier molecular flexibility index (Phi) is 4.57. The van der Waals surface area contributed by atoms with E-state index in [0.717, 1.165) is 22.5 Å². The number of aromatic nitrogens is 1. The van der Waals surface area contributed by atoms with Crippen molar-refractivity contribution in [3.05, 3.63) is 83.6 Å². The quantitative estimate of drug-likeness (QED) is 0.733. The normalized spacial score (nSPS) is 10.2. The SMILES string of the molecule is Cc1ccc(NC(=O)c2cccnc2Nc2cccc(C)c2)cc1. The lowest BCUT2D eigenvalue weighted by Crippen LogP contribution is -2.14. The van der Waals surface area contributed by atoms with Crippen LogP contribution in [0, 0.1) is 13.8 Å². The summed E-state index contributed by atoms with van der Waals surface area (Å²) < 4.78 is 0. The predicted octanol–water partition coefficient (Wildman–Crippen LogP) is 4.69. The molecule has 0 spiro atoms. The smallest absolute Gasteiger partial charge is 0.259 e. The number of hydrogen-bond donors (Lipinski definition) is 2. The fourth-order valence-electron chi connectivity index (χ4n) is 2.38. The molecule has 4 nitrogen and oxygen atoms in total. The van der Waals surface area contributed by atoms with Gasteiger partial charge in [0, 0.05) is 17.6 Å². The topological polar surface area (TPSA) is 54.0 Å². The van der Waals surface area contributed by atoms with Gasteiger partial charge in [0.15, 0.2) is 0 Å². The van der Waals surface area contributed by atoms with Gasteiger partial charge in [-0.15, -0.1) is 0 Å². The van der Waals surface area contributed by atoms with Crippen LogP contribution < -0.4 is 10.6 Å². The number of pyridine rings is 1. The highest BCUT2D eigenvalue weighted by molar-refractivity contribution is 6.07. The second kappa shape index (κ2) is 6.96. The summed E-state index contributed by atoms with van der Waals surface area (Å²) in [5, 5.41) is 6.12. The number of carbonyl (C=O) groups is 1. The highest BCUT2D eigenvalue weighted by Crippen LogP contribution is 2.20. The van der Waals surface area contributed by atoms with Gasteiger partial charge in [0.05, 0.1) is 5.56 Å². The molecule has 0 radical (unpaired) electrons. The third-order valence-electron chi connectivity index (χ3n) is 3.64. The summed E-state index contributed by atoms with van der Waals surface area (Å²) in [5.74, 6) is 0.342. The van der Waals surface area contributed by atoms with E-state index in [1.165, 1.54) is 0 Å². The summed E-state index contributed by atoms with van der Waals surface area (Å²) >= 11 is 0. The van der Waals surface area contributed by atoms with Crippen LogP contribution in [0.15, 0.2) is 66.9 Å². The van der Waals surface area contributed by atoms with Crippen LogP contribution in [0.1, 0.15) is 21.5 Å². The van der Waals surface area contributed by atoms with Crippen LogP contribution in [0.2, 0.25) is 0 Å². The summed E-state index contributed by atoms with van der Waals surface area (Å²) in [6.45, 7) is 4.03. The molecule has 3 aromatic rings. The lowest BCUT2D eigenvalue weighted by atomic mass is 10.2. The van der Waals surface area contributed by atoms with Crippen molar-refractivity contribution < 1.29 is 4.79 Å². The van der Waals surface area contributed by atoms with Crippen LogP contribution in [-0.2, 0) is 0 Å². The van der Waals surface area contributed by atoms with Gasteiger partial charge in [-0.3, -0.25) is 4.79 Å².